The third-order valence-corrected chi connectivity index (χ3v) is 5.67. The topological polar surface area (TPSA) is 46.2 Å². The van der Waals surface area contributed by atoms with Gasteiger partial charge in [0.2, 0.25) is 10.0 Å². The average Bonchev–Trinajstić information content (AvgIpc) is 3.28. The first-order valence-corrected chi connectivity index (χ1v) is 8.82. The lowest BCUT2D eigenvalue weighted by Crippen LogP contribution is -2.34. The number of benzene rings is 2. The van der Waals surface area contributed by atoms with Gasteiger partial charge in [0.05, 0.1) is 10.4 Å². The summed E-state index contributed by atoms with van der Waals surface area (Å²) >= 11 is 0. The summed E-state index contributed by atoms with van der Waals surface area (Å²) in [5.41, 5.74) is 1.32. The predicted octanol–water partition coefficient (Wildman–Crippen LogP) is 3.36. The summed E-state index contributed by atoms with van der Waals surface area (Å²) in [5.74, 6) is -0.322. The Hall–Kier alpha value is -1.72. The van der Waals surface area contributed by atoms with Gasteiger partial charge in [-0.2, -0.15) is 0 Å². The Kier molecular flexibility index (Phi) is 3.78. The van der Waals surface area contributed by atoms with E-state index in [1.165, 1.54) is 12.1 Å². The molecule has 3 nitrogen and oxygen atoms in total. The van der Waals surface area contributed by atoms with E-state index < -0.39 is 15.6 Å². The fraction of sp³-hybridized carbons (Fsp3) is 0.294. The molecule has 0 aliphatic heterocycles. The van der Waals surface area contributed by atoms with Gasteiger partial charge in [-0.05, 0) is 54.7 Å². The number of rotatable bonds is 5. The maximum absolute atomic E-state index is 13.0. The highest BCUT2D eigenvalue weighted by atomic mass is 32.2. The Balaban J connectivity index is 1.85. The van der Waals surface area contributed by atoms with Crippen LogP contribution in [0, 0.1) is 5.82 Å². The van der Waals surface area contributed by atoms with Gasteiger partial charge in [0, 0.05) is 0 Å². The lowest BCUT2D eigenvalue weighted by molar-refractivity contribution is 0.551. The van der Waals surface area contributed by atoms with Crippen molar-refractivity contribution in [2.75, 3.05) is 0 Å². The molecule has 22 heavy (non-hydrogen) atoms. The standard InChI is InChI=1S/C17H18FNO2S/c1-2-13-3-9-16(10-4-13)22(20,21)19-17(11-12-17)14-5-7-15(18)8-6-14/h3-10,19H,2,11-12H2,1H3. The van der Waals surface area contributed by atoms with Gasteiger partial charge in [-0.1, -0.05) is 31.2 Å². The van der Waals surface area contributed by atoms with E-state index in [1.54, 1.807) is 24.3 Å². The number of hydrogen-bond donors (Lipinski definition) is 1. The zero-order valence-corrected chi connectivity index (χ0v) is 13.2. The van der Waals surface area contributed by atoms with Crippen LogP contribution in [0.3, 0.4) is 0 Å². The van der Waals surface area contributed by atoms with Crippen molar-refractivity contribution in [3.63, 3.8) is 0 Å². The van der Waals surface area contributed by atoms with Crippen molar-refractivity contribution in [3.8, 4) is 0 Å². The summed E-state index contributed by atoms with van der Waals surface area (Å²) in [6.07, 6.45) is 2.32. The van der Waals surface area contributed by atoms with E-state index in [0.29, 0.717) is 0 Å². The van der Waals surface area contributed by atoms with Gasteiger partial charge in [0.25, 0.3) is 0 Å². The second-order valence-electron chi connectivity index (χ2n) is 5.69. The highest BCUT2D eigenvalue weighted by Gasteiger charge is 2.47. The van der Waals surface area contributed by atoms with E-state index in [1.807, 2.05) is 19.1 Å². The van der Waals surface area contributed by atoms with Gasteiger partial charge in [-0.3, -0.25) is 0 Å². The van der Waals surface area contributed by atoms with Crippen LogP contribution in [0.1, 0.15) is 30.9 Å². The van der Waals surface area contributed by atoms with E-state index in [2.05, 4.69) is 4.72 Å². The van der Waals surface area contributed by atoms with Crippen molar-refractivity contribution in [1.29, 1.82) is 0 Å². The molecule has 3 rings (SSSR count). The van der Waals surface area contributed by atoms with Crippen molar-refractivity contribution in [3.05, 3.63) is 65.5 Å². The normalized spacial score (nSPS) is 16.5. The van der Waals surface area contributed by atoms with E-state index in [-0.39, 0.29) is 10.7 Å². The Morgan fingerprint density at radius 2 is 1.64 bits per heavy atom. The minimum absolute atomic E-state index is 0.262. The van der Waals surface area contributed by atoms with Crippen LogP contribution in [-0.4, -0.2) is 8.42 Å². The maximum atomic E-state index is 13.0. The Morgan fingerprint density at radius 1 is 1.05 bits per heavy atom. The van der Waals surface area contributed by atoms with E-state index in [9.17, 15) is 12.8 Å². The summed E-state index contributed by atoms with van der Waals surface area (Å²) in [6.45, 7) is 2.02. The molecular weight excluding hydrogens is 301 g/mol. The summed E-state index contributed by atoms with van der Waals surface area (Å²) in [5, 5.41) is 0. The monoisotopic (exact) mass is 319 g/mol. The quantitative estimate of drug-likeness (QED) is 0.918. The Bertz CT molecular complexity index is 763. The first kappa shape index (κ1) is 15.2. The highest BCUT2D eigenvalue weighted by molar-refractivity contribution is 7.89. The summed E-state index contributed by atoms with van der Waals surface area (Å²) < 4.78 is 40.9. The lowest BCUT2D eigenvalue weighted by atomic mass is 10.1. The van der Waals surface area contributed by atoms with Gasteiger partial charge < -0.3 is 0 Å². The van der Waals surface area contributed by atoms with Crippen molar-refractivity contribution < 1.29 is 12.8 Å². The summed E-state index contributed by atoms with van der Waals surface area (Å²) in [4.78, 5) is 0.262. The molecule has 0 unspecified atom stereocenters. The highest BCUT2D eigenvalue weighted by Crippen LogP contribution is 2.46. The van der Waals surface area contributed by atoms with Crippen molar-refractivity contribution >= 4 is 10.0 Å². The van der Waals surface area contributed by atoms with E-state index >= 15 is 0 Å². The summed E-state index contributed by atoms with van der Waals surface area (Å²) in [6, 6.07) is 12.9. The molecule has 1 saturated carbocycles. The lowest BCUT2D eigenvalue weighted by Gasteiger charge is -2.18. The average molecular weight is 319 g/mol. The molecular formula is C17H18FNO2S. The molecule has 0 radical (unpaired) electrons. The van der Waals surface area contributed by atoms with Gasteiger partial charge in [-0.15, -0.1) is 0 Å². The van der Waals surface area contributed by atoms with Crippen molar-refractivity contribution in [2.45, 2.75) is 36.6 Å². The predicted molar refractivity (Wildman–Crippen MR) is 83.5 cm³/mol. The molecule has 0 saturated heterocycles. The number of nitrogens with one attached hydrogen (secondary N) is 1. The van der Waals surface area contributed by atoms with Crippen LogP contribution >= 0.6 is 0 Å². The maximum Gasteiger partial charge on any atom is 0.241 e. The van der Waals surface area contributed by atoms with Gasteiger partial charge in [0.15, 0.2) is 0 Å². The van der Waals surface area contributed by atoms with Crippen LogP contribution in [0.4, 0.5) is 4.39 Å². The fourth-order valence-electron chi connectivity index (χ4n) is 2.56. The zero-order chi connectivity index (χ0) is 15.8. The second kappa shape index (κ2) is 5.48. The van der Waals surface area contributed by atoms with Gasteiger partial charge in [0.1, 0.15) is 5.82 Å². The molecule has 0 heterocycles. The molecule has 1 aliphatic rings. The number of halogens is 1. The number of sulfonamides is 1. The fourth-order valence-corrected chi connectivity index (χ4v) is 4.01. The third kappa shape index (κ3) is 2.91. The molecule has 2 aromatic rings. The molecule has 1 aliphatic carbocycles. The Morgan fingerprint density at radius 3 is 2.14 bits per heavy atom. The molecule has 116 valence electrons. The SMILES string of the molecule is CCc1ccc(S(=O)(=O)NC2(c3ccc(F)cc3)CC2)cc1. The smallest absolute Gasteiger partial charge is 0.207 e. The van der Waals surface area contributed by atoms with Crippen molar-refractivity contribution in [2.24, 2.45) is 0 Å². The minimum Gasteiger partial charge on any atom is -0.207 e. The molecule has 0 aromatic heterocycles. The largest absolute Gasteiger partial charge is 0.241 e. The van der Waals surface area contributed by atoms with Crippen LogP contribution in [-0.2, 0) is 22.0 Å². The van der Waals surface area contributed by atoms with Crippen molar-refractivity contribution in [1.82, 2.24) is 4.72 Å². The van der Waals surface area contributed by atoms with E-state index in [0.717, 1.165) is 30.4 Å². The molecule has 0 atom stereocenters. The molecule has 1 N–H and O–H groups in total. The van der Waals surface area contributed by atoms with Gasteiger partial charge in [-0.25, -0.2) is 17.5 Å². The first-order valence-electron chi connectivity index (χ1n) is 7.34. The number of aryl methyl sites for hydroxylation is 1. The summed E-state index contributed by atoms with van der Waals surface area (Å²) in [7, 11) is -3.58. The van der Waals surface area contributed by atoms with Crippen LogP contribution in [0.25, 0.3) is 0 Å². The van der Waals surface area contributed by atoms with Crippen LogP contribution in [0.5, 0.6) is 0 Å². The van der Waals surface area contributed by atoms with Crippen LogP contribution in [0.15, 0.2) is 53.4 Å². The van der Waals surface area contributed by atoms with Gasteiger partial charge >= 0.3 is 0 Å². The number of hydrogen-bond acceptors (Lipinski definition) is 2. The minimum atomic E-state index is -3.58. The molecule has 5 heteroatoms. The molecule has 0 spiro atoms. The molecule has 0 amide bonds. The van der Waals surface area contributed by atoms with Crippen LogP contribution < -0.4 is 4.72 Å². The van der Waals surface area contributed by atoms with E-state index in [4.69, 9.17) is 0 Å². The first-order chi connectivity index (χ1) is 10.5. The van der Waals surface area contributed by atoms with Crippen LogP contribution in [0.2, 0.25) is 0 Å². The molecule has 1 fully saturated rings. The second-order valence-corrected chi connectivity index (χ2v) is 7.37. The molecule has 0 bridgehead atoms. The molecule has 2 aromatic carbocycles. The zero-order valence-electron chi connectivity index (χ0n) is 12.3. The Labute approximate surface area is 130 Å². The third-order valence-electron chi connectivity index (χ3n) is 4.12.